The summed E-state index contributed by atoms with van der Waals surface area (Å²) in [6.45, 7) is 12.2. The molecule has 4 rings (SSSR count). The number of methoxy groups -OCH3 is 1. The SMILES string of the molecule is CCN(CC)CCOc1c(C)cc(Nc2nc3cccc(-c4ccc(OC)cc4)n3n2)cc1C. The van der Waals surface area contributed by atoms with Crippen LogP contribution in [0.4, 0.5) is 11.6 Å². The maximum atomic E-state index is 6.12. The first kappa shape index (κ1) is 23.6. The molecule has 0 aliphatic rings. The molecule has 4 aromatic rings. The van der Waals surface area contributed by atoms with Gasteiger partial charge in [-0.15, -0.1) is 5.10 Å². The van der Waals surface area contributed by atoms with E-state index < -0.39 is 0 Å². The first-order valence-electron chi connectivity index (χ1n) is 11.8. The Balaban J connectivity index is 1.53. The highest BCUT2D eigenvalue weighted by Gasteiger charge is 2.12. The van der Waals surface area contributed by atoms with Crippen molar-refractivity contribution >= 4 is 17.3 Å². The molecule has 0 unspecified atom stereocenters. The third kappa shape index (κ3) is 5.15. The molecule has 2 heterocycles. The lowest BCUT2D eigenvalue weighted by Crippen LogP contribution is -2.28. The lowest BCUT2D eigenvalue weighted by atomic mass is 10.1. The number of rotatable bonds is 10. The second kappa shape index (κ2) is 10.6. The predicted molar refractivity (Wildman–Crippen MR) is 137 cm³/mol. The molecule has 0 aliphatic carbocycles. The highest BCUT2D eigenvalue weighted by molar-refractivity contribution is 5.66. The van der Waals surface area contributed by atoms with Crippen molar-refractivity contribution in [2.75, 3.05) is 38.7 Å². The third-order valence-corrected chi connectivity index (χ3v) is 6.01. The molecule has 0 spiro atoms. The van der Waals surface area contributed by atoms with Crippen molar-refractivity contribution in [3.63, 3.8) is 0 Å². The van der Waals surface area contributed by atoms with E-state index in [1.165, 1.54) is 0 Å². The molecule has 0 saturated heterocycles. The normalized spacial score (nSPS) is 11.2. The third-order valence-electron chi connectivity index (χ3n) is 6.01. The number of nitrogens with one attached hydrogen (secondary N) is 1. The molecule has 7 nitrogen and oxygen atoms in total. The van der Waals surface area contributed by atoms with E-state index in [1.807, 2.05) is 47.0 Å². The van der Waals surface area contributed by atoms with Gasteiger partial charge in [-0.2, -0.15) is 4.98 Å². The van der Waals surface area contributed by atoms with Crippen molar-refractivity contribution in [3.05, 3.63) is 65.7 Å². The van der Waals surface area contributed by atoms with Crippen molar-refractivity contribution in [1.82, 2.24) is 19.5 Å². The van der Waals surface area contributed by atoms with Crippen molar-refractivity contribution in [2.24, 2.45) is 0 Å². The molecule has 2 aromatic heterocycles. The van der Waals surface area contributed by atoms with Crippen LogP contribution in [0.25, 0.3) is 16.9 Å². The Morgan fingerprint density at radius 3 is 2.32 bits per heavy atom. The zero-order valence-corrected chi connectivity index (χ0v) is 20.6. The summed E-state index contributed by atoms with van der Waals surface area (Å²) in [5, 5.41) is 8.09. The van der Waals surface area contributed by atoms with E-state index in [9.17, 15) is 0 Å². The molecule has 0 saturated carbocycles. The second-order valence-electron chi connectivity index (χ2n) is 8.28. The number of fused-ring (bicyclic) bond motifs is 1. The van der Waals surface area contributed by atoms with Crippen LogP contribution in [-0.2, 0) is 0 Å². The fourth-order valence-corrected chi connectivity index (χ4v) is 4.13. The number of aromatic nitrogens is 3. The summed E-state index contributed by atoms with van der Waals surface area (Å²) >= 11 is 0. The minimum Gasteiger partial charge on any atom is -0.497 e. The number of nitrogens with zero attached hydrogens (tertiary/aromatic N) is 4. The Morgan fingerprint density at radius 1 is 0.971 bits per heavy atom. The Kier molecular flexibility index (Phi) is 7.33. The first-order chi connectivity index (χ1) is 16.5. The number of pyridine rings is 1. The number of anilines is 2. The Labute approximate surface area is 201 Å². The van der Waals surface area contributed by atoms with Crippen LogP contribution in [-0.4, -0.2) is 52.8 Å². The Morgan fingerprint density at radius 2 is 1.68 bits per heavy atom. The number of hydrogen-bond donors (Lipinski definition) is 1. The number of aryl methyl sites for hydroxylation is 2. The van der Waals surface area contributed by atoms with Crippen molar-refractivity contribution in [3.8, 4) is 22.8 Å². The van der Waals surface area contributed by atoms with E-state index in [0.717, 1.165) is 64.9 Å². The van der Waals surface area contributed by atoms with Gasteiger partial charge >= 0.3 is 0 Å². The van der Waals surface area contributed by atoms with Gasteiger partial charge in [0.15, 0.2) is 5.65 Å². The average Bonchev–Trinajstić information content (AvgIpc) is 3.26. The number of likely N-dealkylation sites (N-methyl/N-ethyl adjacent to an activating group) is 1. The van der Waals surface area contributed by atoms with E-state index >= 15 is 0 Å². The number of hydrogen-bond acceptors (Lipinski definition) is 6. The van der Waals surface area contributed by atoms with Gasteiger partial charge in [-0.3, -0.25) is 0 Å². The van der Waals surface area contributed by atoms with Crippen LogP contribution < -0.4 is 14.8 Å². The quantitative estimate of drug-likeness (QED) is 0.339. The minimum atomic E-state index is 0.551. The number of benzene rings is 2. The van der Waals surface area contributed by atoms with Gasteiger partial charge in [0.25, 0.3) is 0 Å². The number of ether oxygens (including phenoxy) is 2. The fourth-order valence-electron chi connectivity index (χ4n) is 4.13. The highest BCUT2D eigenvalue weighted by Crippen LogP contribution is 2.29. The molecule has 0 bridgehead atoms. The Hall–Kier alpha value is -3.58. The maximum absolute atomic E-state index is 6.12. The van der Waals surface area contributed by atoms with E-state index in [1.54, 1.807) is 7.11 Å². The smallest absolute Gasteiger partial charge is 0.247 e. The van der Waals surface area contributed by atoms with Crippen molar-refractivity contribution in [2.45, 2.75) is 27.7 Å². The molecule has 0 radical (unpaired) electrons. The molecule has 0 fully saturated rings. The summed E-state index contributed by atoms with van der Waals surface area (Å²) in [4.78, 5) is 7.03. The summed E-state index contributed by atoms with van der Waals surface area (Å²) in [7, 11) is 1.67. The molecule has 1 N–H and O–H groups in total. The van der Waals surface area contributed by atoms with E-state index in [0.29, 0.717) is 12.6 Å². The van der Waals surface area contributed by atoms with Crippen LogP contribution in [0, 0.1) is 13.8 Å². The van der Waals surface area contributed by atoms with Gasteiger partial charge in [-0.1, -0.05) is 19.9 Å². The molecular formula is C27H33N5O2. The molecule has 34 heavy (non-hydrogen) atoms. The lowest BCUT2D eigenvalue weighted by molar-refractivity contribution is 0.221. The van der Waals surface area contributed by atoms with Crippen LogP contribution in [0.1, 0.15) is 25.0 Å². The van der Waals surface area contributed by atoms with Crippen LogP contribution in [0.15, 0.2) is 54.6 Å². The summed E-state index contributed by atoms with van der Waals surface area (Å²) in [6.07, 6.45) is 0. The van der Waals surface area contributed by atoms with E-state index in [-0.39, 0.29) is 0 Å². The molecule has 0 amide bonds. The molecule has 0 atom stereocenters. The topological polar surface area (TPSA) is 63.9 Å². The molecule has 7 heteroatoms. The minimum absolute atomic E-state index is 0.551. The van der Waals surface area contributed by atoms with E-state index in [2.05, 4.69) is 55.0 Å². The Bertz CT molecular complexity index is 1220. The van der Waals surface area contributed by atoms with Crippen molar-refractivity contribution < 1.29 is 9.47 Å². The average molecular weight is 460 g/mol. The van der Waals surface area contributed by atoms with Gasteiger partial charge in [0.05, 0.1) is 12.8 Å². The van der Waals surface area contributed by atoms with Crippen LogP contribution in [0.3, 0.4) is 0 Å². The maximum Gasteiger partial charge on any atom is 0.247 e. The largest absolute Gasteiger partial charge is 0.497 e. The highest BCUT2D eigenvalue weighted by atomic mass is 16.5. The van der Waals surface area contributed by atoms with Gasteiger partial charge in [-0.05, 0) is 86.6 Å². The zero-order chi connectivity index (χ0) is 24.1. The second-order valence-corrected chi connectivity index (χ2v) is 8.28. The first-order valence-corrected chi connectivity index (χ1v) is 11.8. The standard InChI is InChI=1S/C27H33N5O2/c1-6-31(7-2)15-16-34-26-19(3)17-22(18-20(26)4)28-27-29-25-10-8-9-24(32(25)30-27)21-11-13-23(33-5)14-12-21/h8-14,17-18H,6-7,15-16H2,1-5H3,(H,28,30). The molecule has 2 aromatic carbocycles. The summed E-state index contributed by atoms with van der Waals surface area (Å²) in [6, 6.07) is 18.1. The van der Waals surface area contributed by atoms with Crippen LogP contribution >= 0.6 is 0 Å². The monoisotopic (exact) mass is 459 g/mol. The molecule has 178 valence electrons. The predicted octanol–water partition coefficient (Wildman–Crippen LogP) is 5.49. The van der Waals surface area contributed by atoms with Crippen molar-refractivity contribution in [1.29, 1.82) is 0 Å². The summed E-state index contributed by atoms with van der Waals surface area (Å²) in [5.41, 5.74) is 5.90. The van der Waals surface area contributed by atoms with Gasteiger partial charge in [-0.25, -0.2) is 4.52 Å². The van der Waals surface area contributed by atoms with E-state index in [4.69, 9.17) is 14.6 Å². The molecule has 0 aliphatic heterocycles. The van der Waals surface area contributed by atoms with Crippen LogP contribution in [0.2, 0.25) is 0 Å². The van der Waals surface area contributed by atoms with Gasteiger partial charge in [0.2, 0.25) is 5.95 Å². The van der Waals surface area contributed by atoms with Gasteiger partial charge in [0, 0.05) is 17.8 Å². The lowest BCUT2D eigenvalue weighted by Gasteiger charge is -2.19. The zero-order valence-electron chi connectivity index (χ0n) is 20.6. The van der Waals surface area contributed by atoms with Crippen LogP contribution in [0.5, 0.6) is 11.5 Å². The van der Waals surface area contributed by atoms with Gasteiger partial charge < -0.3 is 19.7 Å². The fraction of sp³-hybridized carbons (Fsp3) is 0.333. The molecular weight excluding hydrogens is 426 g/mol. The summed E-state index contributed by atoms with van der Waals surface area (Å²) in [5.74, 6) is 2.32. The summed E-state index contributed by atoms with van der Waals surface area (Å²) < 4.78 is 13.3. The van der Waals surface area contributed by atoms with Gasteiger partial charge in [0.1, 0.15) is 18.1 Å².